The smallest absolute Gasteiger partial charge is 0.387 e. The summed E-state index contributed by atoms with van der Waals surface area (Å²) < 4.78 is 42.4. The van der Waals surface area contributed by atoms with Crippen LogP contribution in [0.5, 0.6) is 5.75 Å². The average molecular weight is 441 g/mol. The summed E-state index contributed by atoms with van der Waals surface area (Å²) in [4.78, 5) is 0. The van der Waals surface area contributed by atoms with Gasteiger partial charge in [-0.25, -0.2) is 0 Å². The molecule has 1 aromatic carbocycles. The van der Waals surface area contributed by atoms with Gasteiger partial charge < -0.3 is 19.3 Å². The van der Waals surface area contributed by atoms with E-state index in [2.05, 4.69) is 10.5 Å². The predicted octanol–water partition coefficient (Wildman–Crippen LogP) is 5.15. The first-order chi connectivity index (χ1) is 14.2. The molecule has 30 heavy (non-hydrogen) atoms. The van der Waals surface area contributed by atoms with Gasteiger partial charge in [0.15, 0.2) is 0 Å². The lowest BCUT2D eigenvalue weighted by Crippen LogP contribution is -2.28. The van der Waals surface area contributed by atoms with Gasteiger partial charge in [0, 0.05) is 17.0 Å². The van der Waals surface area contributed by atoms with E-state index in [1.807, 2.05) is 0 Å². The number of aromatic nitrogens is 1. The maximum Gasteiger partial charge on any atom is 0.387 e. The molecule has 5 nitrogen and oxygen atoms in total. The van der Waals surface area contributed by atoms with Gasteiger partial charge >= 0.3 is 6.61 Å². The minimum atomic E-state index is -2.89. The van der Waals surface area contributed by atoms with Crippen LogP contribution in [0.4, 0.5) is 8.78 Å². The van der Waals surface area contributed by atoms with E-state index in [0.717, 1.165) is 56.0 Å². The maximum atomic E-state index is 12.9. The van der Waals surface area contributed by atoms with Crippen molar-refractivity contribution in [3.05, 3.63) is 35.6 Å². The number of nitrogens with zero attached hydrogens (tertiary/aromatic N) is 1. The number of benzene rings is 1. The molecule has 0 unspecified atom stereocenters. The molecular formula is C22H27ClF2N2O3. The second-order valence-electron chi connectivity index (χ2n) is 8.45. The average Bonchev–Trinajstić information content (AvgIpc) is 3.30. The van der Waals surface area contributed by atoms with Crippen LogP contribution in [0.25, 0.3) is 11.3 Å². The number of halogens is 3. The lowest BCUT2D eigenvalue weighted by molar-refractivity contribution is -0.0494. The van der Waals surface area contributed by atoms with Crippen molar-refractivity contribution in [2.45, 2.75) is 57.3 Å². The second-order valence-corrected chi connectivity index (χ2v) is 8.45. The Hall–Kier alpha value is -1.70. The molecule has 3 aliphatic rings. The van der Waals surface area contributed by atoms with E-state index < -0.39 is 6.61 Å². The van der Waals surface area contributed by atoms with E-state index in [1.54, 1.807) is 18.2 Å². The van der Waals surface area contributed by atoms with Crippen molar-refractivity contribution in [3.8, 4) is 17.0 Å². The van der Waals surface area contributed by atoms with Crippen LogP contribution in [0.2, 0.25) is 0 Å². The van der Waals surface area contributed by atoms with Crippen molar-refractivity contribution in [2.75, 3.05) is 13.1 Å². The minimum Gasteiger partial charge on any atom is -0.434 e. The minimum absolute atomic E-state index is 0. The molecule has 2 saturated carbocycles. The number of hydrogen-bond acceptors (Lipinski definition) is 5. The second kappa shape index (κ2) is 9.20. The number of rotatable bonds is 7. The Morgan fingerprint density at radius 1 is 1.10 bits per heavy atom. The number of ether oxygens (including phenoxy) is 2. The Labute approximate surface area is 180 Å². The van der Waals surface area contributed by atoms with Gasteiger partial charge in [0.2, 0.25) is 0 Å². The number of hydrogen-bond donors (Lipinski definition) is 1. The van der Waals surface area contributed by atoms with Crippen molar-refractivity contribution in [2.24, 2.45) is 11.8 Å². The molecule has 0 spiro atoms. The van der Waals surface area contributed by atoms with Crippen LogP contribution in [0.1, 0.15) is 49.3 Å². The van der Waals surface area contributed by atoms with E-state index in [1.165, 1.54) is 12.5 Å². The predicted molar refractivity (Wildman–Crippen MR) is 110 cm³/mol. The third-order valence-corrected chi connectivity index (χ3v) is 6.49. The number of nitrogens with one attached hydrogen (secondary N) is 1. The third-order valence-electron chi connectivity index (χ3n) is 6.49. The van der Waals surface area contributed by atoms with Gasteiger partial charge in [-0.15, -0.1) is 12.4 Å². The van der Waals surface area contributed by atoms with Gasteiger partial charge in [-0.2, -0.15) is 8.78 Å². The van der Waals surface area contributed by atoms with E-state index in [4.69, 9.17) is 14.0 Å². The highest BCUT2D eigenvalue weighted by Crippen LogP contribution is 2.45. The molecule has 1 saturated heterocycles. The standard InChI is InChI=1S/C22H26F2N2O3.ClH/c23-22(24)28-19-4-2-1-3-17(19)20-18(21(29-26-20)13-5-6-13)12-27-16-8-7-14-10-25-11-15(14)9-16;/h1-4,13-16,22,25H,5-12H2;1H/t14-,15+,16+;/m0./s1. The van der Waals surface area contributed by atoms with E-state index in [9.17, 15) is 8.78 Å². The Balaban J connectivity index is 0.00000218. The fourth-order valence-corrected chi connectivity index (χ4v) is 4.81. The van der Waals surface area contributed by atoms with E-state index in [-0.39, 0.29) is 24.3 Å². The largest absolute Gasteiger partial charge is 0.434 e. The van der Waals surface area contributed by atoms with Crippen LogP contribution >= 0.6 is 12.4 Å². The first-order valence-corrected chi connectivity index (χ1v) is 10.5. The van der Waals surface area contributed by atoms with Gasteiger partial charge in [-0.05, 0) is 69.2 Å². The number of alkyl halides is 2. The lowest BCUT2D eigenvalue weighted by atomic mass is 9.80. The summed E-state index contributed by atoms with van der Waals surface area (Å²) in [5.41, 5.74) is 1.95. The SMILES string of the molecule is Cl.FC(F)Oc1ccccc1-c1noc(C2CC2)c1CO[C@@H]1CC[C@H]2CNC[C@H]2C1. The van der Waals surface area contributed by atoms with Gasteiger partial charge in [-0.3, -0.25) is 0 Å². The lowest BCUT2D eigenvalue weighted by Gasteiger charge is -2.31. The fourth-order valence-electron chi connectivity index (χ4n) is 4.81. The van der Waals surface area contributed by atoms with Gasteiger partial charge in [0.05, 0.1) is 12.7 Å². The summed E-state index contributed by atoms with van der Waals surface area (Å²) in [5.74, 6) is 2.77. The fraction of sp³-hybridized carbons (Fsp3) is 0.591. The maximum absolute atomic E-state index is 12.9. The Kier molecular flexibility index (Phi) is 6.60. The molecule has 0 amide bonds. The highest BCUT2D eigenvalue weighted by molar-refractivity contribution is 5.85. The van der Waals surface area contributed by atoms with Gasteiger partial charge in [0.25, 0.3) is 0 Å². The molecule has 2 heterocycles. The van der Waals surface area contributed by atoms with Crippen molar-refractivity contribution in [1.29, 1.82) is 0 Å². The molecule has 1 N–H and O–H groups in total. The van der Waals surface area contributed by atoms with Crippen molar-refractivity contribution in [3.63, 3.8) is 0 Å². The van der Waals surface area contributed by atoms with Crippen LogP contribution in [-0.4, -0.2) is 31.0 Å². The molecule has 0 bridgehead atoms. The van der Waals surface area contributed by atoms with Crippen LogP contribution in [0, 0.1) is 11.8 Å². The summed E-state index contributed by atoms with van der Waals surface area (Å²) >= 11 is 0. The number of para-hydroxylation sites is 1. The topological polar surface area (TPSA) is 56.5 Å². The molecule has 1 aliphatic heterocycles. The van der Waals surface area contributed by atoms with Crippen LogP contribution < -0.4 is 10.1 Å². The molecular weight excluding hydrogens is 414 g/mol. The molecule has 164 valence electrons. The highest BCUT2D eigenvalue weighted by atomic mass is 35.5. The molecule has 3 fully saturated rings. The Bertz CT molecular complexity index is 859. The quantitative estimate of drug-likeness (QED) is 0.645. The molecule has 0 radical (unpaired) electrons. The summed E-state index contributed by atoms with van der Waals surface area (Å²) in [6, 6.07) is 6.74. The van der Waals surface area contributed by atoms with E-state index in [0.29, 0.717) is 29.7 Å². The summed E-state index contributed by atoms with van der Waals surface area (Å²) in [6.07, 6.45) is 5.68. The Morgan fingerprint density at radius 3 is 2.70 bits per heavy atom. The zero-order valence-electron chi connectivity index (χ0n) is 16.7. The number of fused-ring (bicyclic) bond motifs is 1. The summed E-state index contributed by atoms with van der Waals surface area (Å²) in [5, 5.41) is 7.73. The van der Waals surface area contributed by atoms with Gasteiger partial charge in [0.1, 0.15) is 17.2 Å². The monoisotopic (exact) mass is 440 g/mol. The zero-order valence-corrected chi connectivity index (χ0v) is 17.5. The molecule has 3 atom stereocenters. The molecule has 2 aromatic rings. The highest BCUT2D eigenvalue weighted by Gasteiger charge is 2.36. The first-order valence-electron chi connectivity index (χ1n) is 10.5. The molecule has 1 aromatic heterocycles. The Morgan fingerprint density at radius 2 is 1.90 bits per heavy atom. The van der Waals surface area contributed by atoms with Crippen LogP contribution in [-0.2, 0) is 11.3 Å². The van der Waals surface area contributed by atoms with Crippen molar-refractivity contribution < 1.29 is 22.8 Å². The normalized spacial score (nSPS) is 25.8. The first kappa shape index (κ1) is 21.5. The summed E-state index contributed by atoms with van der Waals surface area (Å²) in [7, 11) is 0. The van der Waals surface area contributed by atoms with Crippen LogP contribution in [0.15, 0.2) is 28.8 Å². The molecule has 2 aliphatic carbocycles. The summed E-state index contributed by atoms with van der Waals surface area (Å²) in [6.45, 7) is -0.293. The van der Waals surface area contributed by atoms with Gasteiger partial charge in [-0.1, -0.05) is 17.3 Å². The third kappa shape index (κ3) is 4.48. The molecule has 8 heteroatoms. The van der Waals surface area contributed by atoms with Crippen LogP contribution in [0.3, 0.4) is 0 Å². The van der Waals surface area contributed by atoms with Crippen molar-refractivity contribution in [1.82, 2.24) is 10.5 Å². The van der Waals surface area contributed by atoms with E-state index >= 15 is 0 Å². The zero-order chi connectivity index (χ0) is 19.8. The van der Waals surface area contributed by atoms with Crippen molar-refractivity contribution >= 4 is 12.4 Å². The molecule has 5 rings (SSSR count).